The normalized spacial score (nSPS) is 11.0. The fourth-order valence-electron chi connectivity index (χ4n) is 2.77. The molecule has 1 atom stereocenters. The lowest BCUT2D eigenvalue weighted by Crippen LogP contribution is -2.24. The lowest BCUT2D eigenvalue weighted by atomic mass is 10.1. The number of carbonyl (C=O) groups is 2. The maximum absolute atomic E-state index is 12.1. The molecule has 0 unspecified atom stereocenters. The first-order valence-corrected chi connectivity index (χ1v) is 10.0. The third kappa shape index (κ3) is 7.93. The molecule has 3 rings (SSSR count). The van der Waals surface area contributed by atoms with Gasteiger partial charge in [0.2, 0.25) is 0 Å². The molecule has 7 nitrogen and oxygen atoms in total. The van der Waals surface area contributed by atoms with E-state index in [2.05, 4.69) is 15.6 Å². The van der Waals surface area contributed by atoms with E-state index in [1.807, 2.05) is 48.5 Å². The Balaban J connectivity index is 0.00000240. The first-order chi connectivity index (χ1) is 14.0. The Kier molecular flexibility index (Phi) is 11.2. The van der Waals surface area contributed by atoms with Crippen LogP contribution < -0.4 is 16.4 Å². The van der Waals surface area contributed by atoms with Crippen LogP contribution in [0.5, 0.6) is 0 Å². The van der Waals surface area contributed by atoms with Crippen LogP contribution in [0.1, 0.15) is 27.7 Å². The fraction of sp³-hybridized carbons (Fsp3) is 0.190. The van der Waals surface area contributed by atoms with Gasteiger partial charge in [-0.15, -0.1) is 36.2 Å². The van der Waals surface area contributed by atoms with Crippen molar-refractivity contribution in [1.29, 1.82) is 0 Å². The highest BCUT2D eigenvalue weighted by Crippen LogP contribution is 2.15. The molecule has 0 aliphatic carbocycles. The van der Waals surface area contributed by atoms with Gasteiger partial charge >= 0.3 is 0 Å². The van der Waals surface area contributed by atoms with Crippen LogP contribution in [0.4, 0.5) is 10.8 Å². The van der Waals surface area contributed by atoms with E-state index in [1.165, 1.54) is 5.38 Å². The van der Waals surface area contributed by atoms with Crippen LogP contribution in [0.15, 0.2) is 60.0 Å². The maximum atomic E-state index is 12.1. The number of amides is 1. The molecule has 0 saturated heterocycles. The van der Waals surface area contributed by atoms with E-state index in [0.717, 1.165) is 22.5 Å². The molecule has 0 spiro atoms. The Morgan fingerprint density at radius 3 is 2.52 bits per heavy atom. The molecule has 0 bridgehead atoms. The van der Waals surface area contributed by atoms with Crippen molar-refractivity contribution >= 4 is 58.7 Å². The number of aliphatic hydroxyl groups excluding tert-OH is 1. The molecule has 3 aromatic rings. The Bertz CT molecular complexity index is 986. The second kappa shape index (κ2) is 13.0. The van der Waals surface area contributed by atoms with E-state index in [4.69, 9.17) is 5.73 Å². The number of thiazole rings is 1. The Morgan fingerprint density at radius 2 is 1.84 bits per heavy atom. The van der Waals surface area contributed by atoms with Gasteiger partial charge in [-0.25, -0.2) is 4.98 Å². The minimum absolute atomic E-state index is 0. The lowest BCUT2D eigenvalue weighted by molar-refractivity contribution is -0.112. The molecule has 1 aromatic heterocycles. The summed E-state index contributed by atoms with van der Waals surface area (Å²) in [6.07, 6.45) is 0.148. The third-order valence-electron chi connectivity index (χ3n) is 4.26. The molecule has 2 aromatic carbocycles. The van der Waals surface area contributed by atoms with Crippen LogP contribution in [0.2, 0.25) is 0 Å². The molecule has 31 heavy (non-hydrogen) atoms. The number of nitrogens with zero attached hydrogens (tertiary/aromatic N) is 1. The largest absolute Gasteiger partial charge is 0.387 e. The monoisotopic (exact) mass is 482 g/mol. The highest BCUT2D eigenvalue weighted by Gasteiger charge is 2.19. The molecule has 5 N–H and O–H groups in total. The number of ketones is 1. The number of rotatable bonds is 9. The molecular formula is C21H24Cl2N4O3S. The van der Waals surface area contributed by atoms with Gasteiger partial charge in [-0.05, 0) is 36.2 Å². The summed E-state index contributed by atoms with van der Waals surface area (Å²) < 4.78 is 0. The van der Waals surface area contributed by atoms with Crippen molar-refractivity contribution < 1.29 is 14.7 Å². The van der Waals surface area contributed by atoms with Crippen molar-refractivity contribution in [3.05, 3.63) is 76.8 Å². The van der Waals surface area contributed by atoms with Crippen LogP contribution in [0.25, 0.3) is 0 Å². The van der Waals surface area contributed by atoms with Gasteiger partial charge in [-0.1, -0.05) is 42.5 Å². The number of aromatic nitrogens is 1. The summed E-state index contributed by atoms with van der Waals surface area (Å²) in [4.78, 5) is 28.0. The van der Waals surface area contributed by atoms with Crippen LogP contribution in [-0.4, -0.2) is 34.9 Å². The number of Topliss-reactive ketones (excluding diaryl/α,β-unsaturated/α-hetero) is 1. The predicted molar refractivity (Wildman–Crippen MR) is 128 cm³/mol. The first kappa shape index (κ1) is 26.5. The Labute approximate surface area is 196 Å². The summed E-state index contributed by atoms with van der Waals surface area (Å²) in [5.41, 5.74) is 7.95. The summed E-state index contributed by atoms with van der Waals surface area (Å²) in [6, 6.07) is 16.8. The van der Waals surface area contributed by atoms with Crippen molar-refractivity contribution in [2.45, 2.75) is 12.5 Å². The zero-order chi connectivity index (χ0) is 20.6. The number of carbonyl (C=O) groups excluding carboxylic acids is 2. The topological polar surface area (TPSA) is 117 Å². The minimum atomic E-state index is -0.753. The first-order valence-electron chi connectivity index (χ1n) is 9.12. The average Bonchev–Trinajstić information content (AvgIpc) is 3.17. The number of nitrogens with one attached hydrogen (secondary N) is 2. The van der Waals surface area contributed by atoms with Gasteiger partial charge in [0.1, 0.15) is 5.69 Å². The summed E-state index contributed by atoms with van der Waals surface area (Å²) in [6.45, 7) is 1.12. The number of hydrogen-bond acceptors (Lipinski definition) is 7. The smallest absolute Gasteiger partial charge is 0.298 e. The standard InChI is InChI=1S/C21H22N4O3S.2ClH/c22-21-25-17(13-29-21)19(27)20(28)24-16-8-4-5-14(11-16)9-10-23-12-18(26)15-6-2-1-3-7-15;;/h1-8,11,13,18,23,26H,9-10,12H2,(H2,22,25)(H,24,28);2*1H/t18-;;/m0../s1. The number of hydrogen-bond donors (Lipinski definition) is 4. The highest BCUT2D eigenvalue weighted by molar-refractivity contribution is 7.13. The molecule has 0 aliphatic rings. The number of nitrogen functional groups attached to an aromatic ring is 1. The Hall–Kier alpha value is -2.49. The van der Waals surface area contributed by atoms with Gasteiger partial charge in [0, 0.05) is 17.6 Å². The molecule has 10 heteroatoms. The van der Waals surface area contributed by atoms with Crippen LogP contribution in [0, 0.1) is 0 Å². The summed E-state index contributed by atoms with van der Waals surface area (Å²) >= 11 is 1.11. The van der Waals surface area contributed by atoms with Crippen LogP contribution in [0.3, 0.4) is 0 Å². The molecule has 1 heterocycles. The zero-order valence-corrected chi connectivity index (χ0v) is 18.9. The predicted octanol–water partition coefficient (Wildman–Crippen LogP) is 3.26. The summed E-state index contributed by atoms with van der Waals surface area (Å²) in [5.74, 6) is -1.48. The second-order valence-electron chi connectivity index (χ2n) is 6.44. The molecule has 0 aliphatic heterocycles. The zero-order valence-electron chi connectivity index (χ0n) is 16.5. The van der Waals surface area contributed by atoms with Gasteiger partial charge in [-0.2, -0.15) is 0 Å². The van der Waals surface area contributed by atoms with Crippen molar-refractivity contribution in [2.24, 2.45) is 0 Å². The molecule has 0 saturated carbocycles. The minimum Gasteiger partial charge on any atom is -0.387 e. The van der Waals surface area contributed by atoms with E-state index in [1.54, 1.807) is 6.07 Å². The molecule has 0 fully saturated rings. The fourth-order valence-corrected chi connectivity index (χ4v) is 3.31. The van der Waals surface area contributed by atoms with Crippen molar-refractivity contribution in [3.63, 3.8) is 0 Å². The average molecular weight is 483 g/mol. The molecule has 0 radical (unpaired) electrons. The number of halogens is 2. The second-order valence-corrected chi connectivity index (χ2v) is 7.32. The summed E-state index contributed by atoms with van der Waals surface area (Å²) in [7, 11) is 0. The van der Waals surface area contributed by atoms with Crippen molar-refractivity contribution in [1.82, 2.24) is 10.3 Å². The van der Waals surface area contributed by atoms with Crippen LogP contribution >= 0.6 is 36.2 Å². The number of anilines is 2. The molecule has 166 valence electrons. The number of nitrogens with two attached hydrogens (primary N) is 1. The van der Waals surface area contributed by atoms with Crippen LogP contribution in [-0.2, 0) is 11.2 Å². The number of benzene rings is 2. The SMILES string of the molecule is Cl.Cl.Nc1nc(C(=O)C(=O)Nc2cccc(CCNC[C@H](O)c3ccccc3)c2)cs1. The van der Waals surface area contributed by atoms with E-state index >= 15 is 0 Å². The van der Waals surface area contributed by atoms with Gasteiger partial charge in [0.05, 0.1) is 6.10 Å². The van der Waals surface area contributed by atoms with E-state index < -0.39 is 17.8 Å². The van der Waals surface area contributed by atoms with Gasteiger partial charge in [0.25, 0.3) is 11.7 Å². The molecular weight excluding hydrogens is 459 g/mol. The maximum Gasteiger partial charge on any atom is 0.298 e. The van der Waals surface area contributed by atoms with Gasteiger partial charge < -0.3 is 21.5 Å². The van der Waals surface area contributed by atoms with Gasteiger partial charge in [0.15, 0.2) is 5.13 Å². The quantitative estimate of drug-likeness (QED) is 0.211. The van der Waals surface area contributed by atoms with E-state index in [0.29, 0.717) is 25.2 Å². The lowest BCUT2D eigenvalue weighted by Gasteiger charge is -2.12. The third-order valence-corrected chi connectivity index (χ3v) is 4.93. The summed E-state index contributed by atoms with van der Waals surface area (Å²) in [5, 5.41) is 17.7. The van der Waals surface area contributed by atoms with Gasteiger partial charge in [-0.3, -0.25) is 9.59 Å². The van der Waals surface area contributed by atoms with Crippen molar-refractivity contribution in [2.75, 3.05) is 24.1 Å². The van der Waals surface area contributed by atoms with E-state index in [9.17, 15) is 14.7 Å². The highest BCUT2D eigenvalue weighted by atomic mass is 35.5. The number of aliphatic hydroxyl groups is 1. The molecule has 1 amide bonds. The van der Waals surface area contributed by atoms with Crippen molar-refractivity contribution in [3.8, 4) is 0 Å². The Morgan fingerprint density at radius 1 is 1.10 bits per heavy atom. The van der Waals surface area contributed by atoms with E-state index in [-0.39, 0.29) is 35.6 Å².